The van der Waals surface area contributed by atoms with Crippen molar-refractivity contribution in [1.29, 1.82) is 0 Å². The molecule has 0 aromatic heterocycles. The summed E-state index contributed by atoms with van der Waals surface area (Å²) >= 11 is 0. The number of benzene rings is 1. The number of carbonyl (C=O) groups excluding carboxylic acids is 1. The van der Waals surface area contributed by atoms with Crippen molar-refractivity contribution in [2.75, 3.05) is 19.0 Å². The summed E-state index contributed by atoms with van der Waals surface area (Å²) in [6.07, 6.45) is 1.88. The quantitative estimate of drug-likeness (QED) is 0.724. The number of rotatable bonds is 2. The highest BCUT2D eigenvalue weighted by molar-refractivity contribution is 5.74. The summed E-state index contributed by atoms with van der Waals surface area (Å²) in [6, 6.07) is 5.79. The van der Waals surface area contributed by atoms with Crippen molar-refractivity contribution in [3.63, 3.8) is 0 Å². The Hall–Kier alpha value is -1.51. The zero-order chi connectivity index (χ0) is 9.97. The second kappa shape index (κ2) is 3.70. The summed E-state index contributed by atoms with van der Waals surface area (Å²) in [7, 11) is 1.64. The van der Waals surface area contributed by atoms with Crippen molar-refractivity contribution < 1.29 is 9.53 Å². The van der Waals surface area contributed by atoms with Crippen molar-refractivity contribution in [2.45, 2.75) is 12.3 Å². The monoisotopic (exact) mass is 191 g/mol. The van der Waals surface area contributed by atoms with Gasteiger partial charge in [-0.05, 0) is 18.1 Å². The molecule has 0 saturated carbocycles. The number of methoxy groups -OCH3 is 1. The third kappa shape index (κ3) is 1.35. The largest absolute Gasteiger partial charge is 0.495 e. The van der Waals surface area contributed by atoms with E-state index >= 15 is 0 Å². The number of carbonyl (C=O) groups is 1. The van der Waals surface area contributed by atoms with E-state index in [1.54, 1.807) is 7.11 Å². The number of hydrogen-bond acceptors (Lipinski definition) is 3. The lowest BCUT2D eigenvalue weighted by molar-refractivity contribution is -0.109. The summed E-state index contributed by atoms with van der Waals surface area (Å²) in [6.45, 7) is 0.830. The first-order valence-corrected chi connectivity index (χ1v) is 4.73. The van der Waals surface area contributed by atoms with Crippen molar-refractivity contribution >= 4 is 12.0 Å². The third-order valence-corrected chi connectivity index (χ3v) is 2.60. The minimum Gasteiger partial charge on any atom is -0.495 e. The Morgan fingerprint density at radius 3 is 3.14 bits per heavy atom. The average molecular weight is 191 g/mol. The van der Waals surface area contributed by atoms with Crippen LogP contribution in [0.2, 0.25) is 0 Å². The number of anilines is 1. The summed E-state index contributed by atoms with van der Waals surface area (Å²) < 4.78 is 5.23. The van der Waals surface area contributed by atoms with E-state index in [1.807, 2.05) is 18.2 Å². The first-order valence-electron chi connectivity index (χ1n) is 4.73. The molecular formula is C11H13NO2. The Balaban J connectivity index is 2.48. The molecule has 0 radical (unpaired) electrons. The number of ether oxygens (including phenoxy) is 1. The Kier molecular flexibility index (Phi) is 2.39. The molecule has 1 aromatic carbocycles. The lowest BCUT2D eigenvalue weighted by Gasteiger charge is -2.24. The van der Waals surface area contributed by atoms with Crippen LogP contribution >= 0.6 is 0 Å². The lowest BCUT2D eigenvalue weighted by Crippen LogP contribution is -2.18. The molecule has 1 aliphatic rings. The SMILES string of the molecule is COc1cccc2c1NCCC2C=O. The first-order chi connectivity index (χ1) is 6.86. The molecule has 2 rings (SSSR count). The molecule has 1 atom stereocenters. The van der Waals surface area contributed by atoms with Crippen molar-refractivity contribution in [3.8, 4) is 5.75 Å². The van der Waals surface area contributed by atoms with Crippen LogP contribution in [0.15, 0.2) is 18.2 Å². The third-order valence-electron chi connectivity index (χ3n) is 2.60. The van der Waals surface area contributed by atoms with Crippen molar-refractivity contribution in [3.05, 3.63) is 23.8 Å². The summed E-state index contributed by atoms with van der Waals surface area (Å²) in [5.41, 5.74) is 2.02. The molecule has 1 aromatic rings. The molecule has 0 saturated heterocycles. The predicted molar refractivity (Wildman–Crippen MR) is 54.9 cm³/mol. The molecule has 3 nitrogen and oxygen atoms in total. The number of hydrogen-bond donors (Lipinski definition) is 1. The van der Waals surface area contributed by atoms with Gasteiger partial charge in [0, 0.05) is 12.5 Å². The Morgan fingerprint density at radius 1 is 1.57 bits per heavy atom. The molecule has 1 unspecified atom stereocenters. The molecule has 0 amide bonds. The van der Waals surface area contributed by atoms with Gasteiger partial charge in [-0.15, -0.1) is 0 Å². The van der Waals surface area contributed by atoms with E-state index in [4.69, 9.17) is 4.74 Å². The van der Waals surface area contributed by atoms with Gasteiger partial charge in [-0.3, -0.25) is 0 Å². The van der Waals surface area contributed by atoms with Gasteiger partial charge in [0.05, 0.1) is 12.8 Å². The van der Waals surface area contributed by atoms with Gasteiger partial charge in [0.2, 0.25) is 0 Å². The van der Waals surface area contributed by atoms with Gasteiger partial charge in [0.1, 0.15) is 12.0 Å². The zero-order valence-corrected chi connectivity index (χ0v) is 8.12. The molecule has 0 fully saturated rings. The maximum absolute atomic E-state index is 10.9. The number of fused-ring (bicyclic) bond motifs is 1. The summed E-state index contributed by atoms with van der Waals surface area (Å²) in [4.78, 5) is 10.9. The molecule has 1 N–H and O–H groups in total. The first kappa shape index (κ1) is 9.06. The van der Waals surface area contributed by atoms with E-state index in [-0.39, 0.29) is 5.92 Å². The van der Waals surface area contributed by atoms with Gasteiger partial charge >= 0.3 is 0 Å². The van der Waals surface area contributed by atoms with Crippen LogP contribution < -0.4 is 10.1 Å². The summed E-state index contributed by atoms with van der Waals surface area (Å²) in [5, 5.41) is 3.26. The standard InChI is InChI=1S/C11H13NO2/c1-14-10-4-2-3-9-8(7-13)5-6-12-11(9)10/h2-4,7-8,12H,5-6H2,1H3. The van der Waals surface area contributed by atoms with Crippen LogP contribution in [0.3, 0.4) is 0 Å². The molecule has 0 spiro atoms. The van der Waals surface area contributed by atoms with E-state index < -0.39 is 0 Å². The number of aldehydes is 1. The topological polar surface area (TPSA) is 38.3 Å². The fraction of sp³-hybridized carbons (Fsp3) is 0.364. The highest BCUT2D eigenvalue weighted by Crippen LogP contribution is 2.36. The number of para-hydroxylation sites is 1. The number of nitrogens with one attached hydrogen (secondary N) is 1. The fourth-order valence-electron chi connectivity index (χ4n) is 1.87. The van der Waals surface area contributed by atoms with Crippen LogP contribution in [0.25, 0.3) is 0 Å². The maximum Gasteiger partial charge on any atom is 0.142 e. The van der Waals surface area contributed by atoms with Crippen LogP contribution in [0, 0.1) is 0 Å². The average Bonchev–Trinajstić information content (AvgIpc) is 2.27. The van der Waals surface area contributed by atoms with Gasteiger partial charge in [0.15, 0.2) is 0 Å². The molecule has 0 bridgehead atoms. The smallest absolute Gasteiger partial charge is 0.142 e. The van der Waals surface area contributed by atoms with Crippen molar-refractivity contribution in [2.24, 2.45) is 0 Å². The van der Waals surface area contributed by atoms with Crippen LogP contribution in [-0.4, -0.2) is 19.9 Å². The van der Waals surface area contributed by atoms with Gasteiger partial charge in [-0.25, -0.2) is 0 Å². The van der Waals surface area contributed by atoms with Crippen LogP contribution in [-0.2, 0) is 4.79 Å². The Labute approximate surface area is 83.1 Å². The molecule has 0 aliphatic carbocycles. The van der Waals surface area contributed by atoms with Gasteiger partial charge in [0.25, 0.3) is 0 Å². The van der Waals surface area contributed by atoms with Gasteiger partial charge in [-0.1, -0.05) is 12.1 Å². The van der Waals surface area contributed by atoms with Crippen molar-refractivity contribution in [1.82, 2.24) is 0 Å². The highest BCUT2D eigenvalue weighted by atomic mass is 16.5. The minimum absolute atomic E-state index is 0.0151. The molecular weight excluding hydrogens is 178 g/mol. The Bertz CT molecular complexity index is 349. The maximum atomic E-state index is 10.9. The molecule has 14 heavy (non-hydrogen) atoms. The predicted octanol–water partition coefficient (Wildman–Crippen LogP) is 1.79. The normalized spacial score (nSPS) is 19.4. The lowest BCUT2D eigenvalue weighted by atomic mass is 9.92. The zero-order valence-electron chi connectivity index (χ0n) is 8.12. The van der Waals surface area contributed by atoms with Gasteiger partial charge in [-0.2, -0.15) is 0 Å². The van der Waals surface area contributed by atoms with E-state index in [0.717, 1.165) is 36.3 Å². The van der Waals surface area contributed by atoms with Crippen LogP contribution in [0.5, 0.6) is 5.75 Å². The van der Waals surface area contributed by atoms with Crippen LogP contribution in [0.4, 0.5) is 5.69 Å². The molecule has 1 aliphatic heterocycles. The second-order valence-corrected chi connectivity index (χ2v) is 3.38. The minimum atomic E-state index is 0.0151. The fourth-order valence-corrected chi connectivity index (χ4v) is 1.87. The van der Waals surface area contributed by atoms with E-state index in [9.17, 15) is 4.79 Å². The Morgan fingerprint density at radius 2 is 2.43 bits per heavy atom. The molecule has 74 valence electrons. The molecule has 3 heteroatoms. The molecule has 1 heterocycles. The second-order valence-electron chi connectivity index (χ2n) is 3.38. The van der Waals surface area contributed by atoms with E-state index in [1.165, 1.54) is 0 Å². The van der Waals surface area contributed by atoms with Gasteiger partial charge < -0.3 is 14.8 Å². The highest BCUT2D eigenvalue weighted by Gasteiger charge is 2.21. The summed E-state index contributed by atoms with van der Waals surface area (Å²) in [5.74, 6) is 0.829. The van der Waals surface area contributed by atoms with Crippen LogP contribution in [0.1, 0.15) is 17.9 Å². The van der Waals surface area contributed by atoms with E-state index in [2.05, 4.69) is 5.32 Å². The van der Waals surface area contributed by atoms with E-state index in [0.29, 0.717) is 0 Å².